The van der Waals surface area contributed by atoms with Crippen molar-refractivity contribution in [1.29, 1.82) is 0 Å². The Labute approximate surface area is 174 Å². The number of halogens is 3. The molecular formula is C22H15F3N6. The number of fused-ring (bicyclic) bond motifs is 2. The molecule has 3 aromatic carbocycles. The van der Waals surface area contributed by atoms with Gasteiger partial charge in [0.1, 0.15) is 5.82 Å². The molecule has 2 aromatic heterocycles. The second-order valence-electron chi connectivity index (χ2n) is 6.91. The maximum atomic E-state index is 13.0. The van der Waals surface area contributed by atoms with Crippen LogP contribution in [0.2, 0.25) is 0 Å². The molecule has 0 saturated heterocycles. The van der Waals surface area contributed by atoms with E-state index < -0.39 is 11.7 Å². The number of anilines is 4. The molecule has 0 aliphatic carbocycles. The predicted octanol–water partition coefficient (Wildman–Crippen LogP) is 6.01. The van der Waals surface area contributed by atoms with Gasteiger partial charge < -0.3 is 10.6 Å². The lowest BCUT2D eigenvalue weighted by atomic mass is 10.2. The standard InChI is InChI=1S/C22H15F3N6/c23-22(24,25)14-4-3-5-15(11-14)28-21-29-19-7-2-1-6-17(19)20(30-21)27-16-8-9-18-13(10-16)12-26-31-18/h1-12H,(H,26,31)(H2,27,28,29,30). The van der Waals surface area contributed by atoms with Gasteiger partial charge in [-0.1, -0.05) is 18.2 Å². The number of benzene rings is 3. The molecule has 0 fully saturated rings. The van der Waals surface area contributed by atoms with Crippen LogP contribution in [0.3, 0.4) is 0 Å². The summed E-state index contributed by atoms with van der Waals surface area (Å²) in [5.74, 6) is 0.716. The molecule has 3 N–H and O–H groups in total. The first kappa shape index (κ1) is 18.9. The Kier molecular flexibility index (Phi) is 4.43. The van der Waals surface area contributed by atoms with E-state index in [0.717, 1.165) is 34.1 Å². The Morgan fingerprint density at radius 1 is 0.806 bits per heavy atom. The van der Waals surface area contributed by atoms with Gasteiger partial charge in [0, 0.05) is 22.1 Å². The summed E-state index contributed by atoms with van der Waals surface area (Å²) in [4.78, 5) is 8.96. The average molecular weight is 420 g/mol. The Morgan fingerprint density at radius 2 is 1.65 bits per heavy atom. The minimum Gasteiger partial charge on any atom is -0.340 e. The highest BCUT2D eigenvalue weighted by Crippen LogP contribution is 2.32. The van der Waals surface area contributed by atoms with Crippen molar-refractivity contribution in [1.82, 2.24) is 20.2 Å². The third kappa shape index (κ3) is 3.85. The van der Waals surface area contributed by atoms with Gasteiger partial charge in [0.15, 0.2) is 0 Å². The quantitative estimate of drug-likeness (QED) is 0.332. The van der Waals surface area contributed by atoms with Crippen LogP contribution >= 0.6 is 0 Å². The number of hydrogen-bond donors (Lipinski definition) is 3. The fourth-order valence-corrected chi connectivity index (χ4v) is 3.29. The van der Waals surface area contributed by atoms with E-state index >= 15 is 0 Å². The lowest BCUT2D eigenvalue weighted by Gasteiger charge is -2.13. The van der Waals surface area contributed by atoms with Gasteiger partial charge in [-0.15, -0.1) is 0 Å². The molecule has 5 rings (SSSR count). The number of aromatic nitrogens is 4. The summed E-state index contributed by atoms with van der Waals surface area (Å²) in [5, 5.41) is 14.8. The van der Waals surface area contributed by atoms with Crippen molar-refractivity contribution in [3.05, 3.63) is 78.5 Å². The number of aromatic amines is 1. The van der Waals surface area contributed by atoms with Crippen molar-refractivity contribution in [3.63, 3.8) is 0 Å². The fraction of sp³-hybridized carbons (Fsp3) is 0.0455. The number of para-hydroxylation sites is 1. The second-order valence-corrected chi connectivity index (χ2v) is 6.91. The Bertz CT molecular complexity index is 1390. The van der Waals surface area contributed by atoms with Crippen molar-refractivity contribution in [3.8, 4) is 0 Å². The topological polar surface area (TPSA) is 78.5 Å². The van der Waals surface area contributed by atoms with Gasteiger partial charge in [-0.3, -0.25) is 5.10 Å². The Balaban J connectivity index is 1.53. The number of hydrogen-bond acceptors (Lipinski definition) is 5. The summed E-state index contributed by atoms with van der Waals surface area (Å²) in [6.07, 6.45) is -2.71. The van der Waals surface area contributed by atoms with Crippen LogP contribution in [0.4, 0.5) is 36.3 Å². The van der Waals surface area contributed by atoms with E-state index in [9.17, 15) is 13.2 Å². The molecule has 0 atom stereocenters. The summed E-state index contributed by atoms with van der Waals surface area (Å²) < 4.78 is 39.1. The molecule has 6 nitrogen and oxygen atoms in total. The SMILES string of the molecule is FC(F)(F)c1cccc(Nc2nc(Nc3ccc4[nH]ncc4c3)c3ccccc3n2)c1. The fourth-order valence-electron chi connectivity index (χ4n) is 3.29. The molecule has 0 unspecified atom stereocenters. The van der Waals surface area contributed by atoms with Crippen LogP contribution in [0.1, 0.15) is 5.56 Å². The minimum atomic E-state index is -4.43. The first-order chi connectivity index (χ1) is 15.0. The second kappa shape index (κ2) is 7.28. The van der Waals surface area contributed by atoms with Gasteiger partial charge in [-0.25, -0.2) is 4.98 Å². The van der Waals surface area contributed by atoms with Crippen molar-refractivity contribution in [2.75, 3.05) is 10.6 Å². The molecule has 154 valence electrons. The number of alkyl halides is 3. The molecule has 0 amide bonds. The van der Waals surface area contributed by atoms with Gasteiger partial charge in [0.2, 0.25) is 5.95 Å². The molecule has 0 aliphatic rings. The van der Waals surface area contributed by atoms with Gasteiger partial charge >= 0.3 is 6.18 Å². The third-order valence-electron chi connectivity index (χ3n) is 4.75. The summed E-state index contributed by atoms with van der Waals surface area (Å²) >= 11 is 0. The maximum Gasteiger partial charge on any atom is 0.416 e. The summed E-state index contributed by atoms with van der Waals surface area (Å²) in [6.45, 7) is 0. The maximum absolute atomic E-state index is 13.0. The first-order valence-corrected chi connectivity index (χ1v) is 9.37. The lowest BCUT2D eigenvalue weighted by molar-refractivity contribution is -0.137. The van der Waals surface area contributed by atoms with Crippen LogP contribution in [0.5, 0.6) is 0 Å². The highest BCUT2D eigenvalue weighted by Gasteiger charge is 2.30. The van der Waals surface area contributed by atoms with E-state index in [2.05, 4.69) is 30.8 Å². The monoisotopic (exact) mass is 420 g/mol. The largest absolute Gasteiger partial charge is 0.416 e. The zero-order chi connectivity index (χ0) is 21.4. The molecule has 0 radical (unpaired) electrons. The number of H-pyrrole nitrogens is 1. The summed E-state index contributed by atoms with van der Waals surface area (Å²) in [6, 6.07) is 18.0. The van der Waals surface area contributed by atoms with E-state index in [0.29, 0.717) is 11.3 Å². The van der Waals surface area contributed by atoms with E-state index in [1.54, 1.807) is 6.20 Å². The summed E-state index contributed by atoms with van der Waals surface area (Å²) in [7, 11) is 0. The van der Waals surface area contributed by atoms with Crippen molar-refractivity contribution < 1.29 is 13.2 Å². The van der Waals surface area contributed by atoms with Crippen LogP contribution in [0.25, 0.3) is 21.8 Å². The Hall–Kier alpha value is -4.14. The van der Waals surface area contributed by atoms with Crippen LogP contribution in [0.15, 0.2) is 72.9 Å². The van der Waals surface area contributed by atoms with Crippen LogP contribution in [0, 0.1) is 0 Å². The molecular weight excluding hydrogens is 405 g/mol. The molecule has 0 saturated carbocycles. The molecule has 31 heavy (non-hydrogen) atoms. The first-order valence-electron chi connectivity index (χ1n) is 9.37. The smallest absolute Gasteiger partial charge is 0.340 e. The van der Waals surface area contributed by atoms with Gasteiger partial charge in [0.05, 0.1) is 22.8 Å². The zero-order valence-electron chi connectivity index (χ0n) is 15.9. The van der Waals surface area contributed by atoms with Crippen molar-refractivity contribution in [2.45, 2.75) is 6.18 Å². The molecule has 0 aliphatic heterocycles. The number of nitrogens with zero attached hydrogens (tertiary/aromatic N) is 3. The number of nitrogens with one attached hydrogen (secondary N) is 3. The normalized spacial score (nSPS) is 11.7. The van der Waals surface area contributed by atoms with Gasteiger partial charge in [0.25, 0.3) is 0 Å². The lowest BCUT2D eigenvalue weighted by Crippen LogP contribution is -2.06. The highest BCUT2D eigenvalue weighted by molar-refractivity contribution is 5.93. The molecule has 9 heteroatoms. The van der Waals surface area contributed by atoms with Crippen LogP contribution in [-0.2, 0) is 6.18 Å². The minimum absolute atomic E-state index is 0.185. The molecule has 0 spiro atoms. The summed E-state index contributed by atoms with van der Waals surface area (Å²) in [5.41, 5.74) is 1.85. The van der Waals surface area contributed by atoms with E-state index in [4.69, 9.17) is 0 Å². The van der Waals surface area contributed by atoms with E-state index in [-0.39, 0.29) is 11.6 Å². The predicted molar refractivity (Wildman–Crippen MR) is 114 cm³/mol. The van der Waals surface area contributed by atoms with Crippen molar-refractivity contribution in [2.24, 2.45) is 0 Å². The van der Waals surface area contributed by atoms with E-state index in [1.807, 2.05) is 42.5 Å². The molecule has 0 bridgehead atoms. The number of rotatable bonds is 4. The average Bonchev–Trinajstić information content (AvgIpc) is 3.21. The van der Waals surface area contributed by atoms with Crippen LogP contribution in [-0.4, -0.2) is 20.2 Å². The van der Waals surface area contributed by atoms with Gasteiger partial charge in [-0.2, -0.15) is 23.3 Å². The van der Waals surface area contributed by atoms with Crippen LogP contribution < -0.4 is 10.6 Å². The molecule has 2 heterocycles. The van der Waals surface area contributed by atoms with Gasteiger partial charge in [-0.05, 0) is 48.5 Å². The van der Waals surface area contributed by atoms with Crippen molar-refractivity contribution >= 4 is 44.9 Å². The third-order valence-corrected chi connectivity index (χ3v) is 4.75. The van der Waals surface area contributed by atoms with E-state index in [1.165, 1.54) is 12.1 Å². The highest BCUT2D eigenvalue weighted by atomic mass is 19.4. The molecule has 5 aromatic rings. The zero-order valence-corrected chi connectivity index (χ0v) is 15.9. The Morgan fingerprint density at radius 3 is 2.52 bits per heavy atom.